The Balaban J connectivity index is 1.37. The van der Waals surface area contributed by atoms with Crippen LogP contribution in [-0.4, -0.2) is 30.1 Å². The summed E-state index contributed by atoms with van der Waals surface area (Å²) in [6, 6.07) is 13.3. The van der Waals surface area contributed by atoms with E-state index in [2.05, 4.69) is 15.6 Å². The molecule has 1 aliphatic carbocycles. The third-order valence-corrected chi connectivity index (χ3v) is 6.00. The van der Waals surface area contributed by atoms with Crippen LogP contribution < -0.4 is 15.4 Å². The fraction of sp³-hybridized carbons (Fsp3) is 0.304. The van der Waals surface area contributed by atoms with E-state index in [0.717, 1.165) is 42.3 Å². The smallest absolute Gasteiger partial charge is 0.255 e. The number of methoxy groups -OCH3 is 1. The van der Waals surface area contributed by atoms with E-state index in [1.54, 1.807) is 31.5 Å². The maximum atomic E-state index is 12.7. The molecule has 30 heavy (non-hydrogen) atoms. The molecule has 1 aromatic heterocycles. The number of ether oxygens (including phenoxy) is 1. The van der Waals surface area contributed by atoms with Gasteiger partial charge in [0.25, 0.3) is 5.91 Å². The maximum absolute atomic E-state index is 12.7. The molecule has 2 aromatic carbocycles. The van der Waals surface area contributed by atoms with Crippen molar-refractivity contribution < 1.29 is 9.53 Å². The molecule has 0 atom stereocenters. The summed E-state index contributed by atoms with van der Waals surface area (Å²) in [7, 11) is 1.55. The van der Waals surface area contributed by atoms with E-state index in [0.29, 0.717) is 27.4 Å². The zero-order chi connectivity index (χ0) is 21.1. The molecule has 0 saturated heterocycles. The van der Waals surface area contributed by atoms with Crippen LogP contribution in [0.4, 0.5) is 5.69 Å². The third kappa shape index (κ3) is 4.63. The number of carbonyl (C=O) groups excluding carboxylic acids is 1. The van der Waals surface area contributed by atoms with Crippen molar-refractivity contribution in [3.63, 3.8) is 0 Å². The first kappa shape index (κ1) is 20.8. The first-order valence-electron chi connectivity index (χ1n) is 9.98. The highest BCUT2D eigenvalue weighted by Gasteiger charge is 2.24. The molecule has 2 N–H and O–H groups in total. The van der Waals surface area contributed by atoms with Crippen molar-refractivity contribution >= 4 is 45.7 Å². The molecule has 1 aliphatic rings. The van der Waals surface area contributed by atoms with E-state index in [-0.39, 0.29) is 11.9 Å². The molecule has 1 amide bonds. The number of nitrogens with one attached hydrogen (secondary N) is 2. The lowest BCUT2D eigenvalue weighted by Gasteiger charge is -2.30. The molecule has 156 valence electrons. The predicted octanol–water partition coefficient (Wildman–Crippen LogP) is 5.70. The molecule has 1 fully saturated rings. The van der Waals surface area contributed by atoms with Crippen LogP contribution in [0.15, 0.2) is 48.7 Å². The van der Waals surface area contributed by atoms with Crippen LogP contribution in [0.5, 0.6) is 5.75 Å². The van der Waals surface area contributed by atoms with Crippen LogP contribution in [0.2, 0.25) is 10.0 Å². The van der Waals surface area contributed by atoms with Gasteiger partial charge < -0.3 is 15.4 Å². The molecule has 1 heterocycles. The Bertz CT molecular complexity index is 1070. The van der Waals surface area contributed by atoms with Crippen LogP contribution in [0.3, 0.4) is 0 Å². The van der Waals surface area contributed by atoms with Crippen molar-refractivity contribution in [2.24, 2.45) is 0 Å². The van der Waals surface area contributed by atoms with E-state index in [1.807, 2.05) is 24.3 Å². The Morgan fingerprint density at radius 3 is 2.47 bits per heavy atom. The van der Waals surface area contributed by atoms with E-state index < -0.39 is 0 Å². The van der Waals surface area contributed by atoms with E-state index in [1.165, 1.54) is 0 Å². The number of hydrogen-bond donors (Lipinski definition) is 2. The number of halogens is 2. The predicted molar refractivity (Wildman–Crippen MR) is 122 cm³/mol. The van der Waals surface area contributed by atoms with Crippen molar-refractivity contribution in [3.8, 4) is 5.75 Å². The van der Waals surface area contributed by atoms with Gasteiger partial charge in [-0.15, -0.1) is 0 Å². The normalized spacial score (nSPS) is 18.8. The molecule has 3 aromatic rings. The summed E-state index contributed by atoms with van der Waals surface area (Å²) in [5, 5.41) is 9.02. The number of benzene rings is 2. The molecular formula is C23H23Cl2N3O2. The summed E-state index contributed by atoms with van der Waals surface area (Å²) < 4.78 is 5.29. The van der Waals surface area contributed by atoms with Crippen LogP contribution in [0, 0.1) is 0 Å². The van der Waals surface area contributed by atoms with Gasteiger partial charge in [-0.3, -0.25) is 9.78 Å². The minimum atomic E-state index is -0.150. The van der Waals surface area contributed by atoms with Crippen molar-refractivity contribution in [3.05, 3.63) is 64.3 Å². The number of nitrogens with zero attached hydrogens (tertiary/aromatic N) is 1. The summed E-state index contributed by atoms with van der Waals surface area (Å²) in [6.45, 7) is 0. The number of fused-ring (bicyclic) bond motifs is 1. The van der Waals surface area contributed by atoms with Gasteiger partial charge >= 0.3 is 0 Å². The van der Waals surface area contributed by atoms with Gasteiger partial charge in [0.15, 0.2) is 0 Å². The Morgan fingerprint density at radius 1 is 1.00 bits per heavy atom. The van der Waals surface area contributed by atoms with Crippen LogP contribution in [0.1, 0.15) is 36.0 Å². The number of aromatic nitrogens is 1. The number of anilines is 1. The zero-order valence-electron chi connectivity index (χ0n) is 16.6. The standard InChI is InChI=1S/C23H23Cl2N3O2/c1-30-22-9-3-14(24)12-19(22)23(29)28-17-6-4-16(5-7-17)27-20-10-11-26-21-13-15(25)2-8-18(20)21/h2-3,8-13,16-17H,4-7H2,1H3,(H,26,27)(H,28,29)/t16-,17+. The maximum Gasteiger partial charge on any atom is 0.255 e. The largest absolute Gasteiger partial charge is 0.496 e. The topological polar surface area (TPSA) is 63.2 Å². The highest BCUT2D eigenvalue weighted by molar-refractivity contribution is 6.31. The van der Waals surface area contributed by atoms with Gasteiger partial charge in [0.05, 0.1) is 18.2 Å². The molecule has 1 saturated carbocycles. The first-order chi connectivity index (χ1) is 14.5. The van der Waals surface area contributed by atoms with E-state index >= 15 is 0 Å². The average Bonchev–Trinajstić information content (AvgIpc) is 2.75. The van der Waals surface area contributed by atoms with Gasteiger partial charge in [-0.05, 0) is 68.1 Å². The second kappa shape index (κ2) is 9.11. The van der Waals surface area contributed by atoms with Gasteiger partial charge in [0.1, 0.15) is 5.75 Å². The van der Waals surface area contributed by atoms with Crippen LogP contribution >= 0.6 is 23.2 Å². The Hall–Kier alpha value is -2.50. The van der Waals surface area contributed by atoms with Gasteiger partial charge in [0.2, 0.25) is 0 Å². The first-order valence-corrected chi connectivity index (χ1v) is 10.7. The summed E-state index contributed by atoms with van der Waals surface area (Å²) in [5.41, 5.74) is 2.41. The molecule has 7 heteroatoms. The number of hydrogen-bond acceptors (Lipinski definition) is 4. The minimum absolute atomic E-state index is 0.132. The lowest BCUT2D eigenvalue weighted by molar-refractivity contribution is 0.0923. The Morgan fingerprint density at radius 2 is 1.70 bits per heavy atom. The molecule has 4 rings (SSSR count). The lowest BCUT2D eigenvalue weighted by atomic mass is 9.90. The number of rotatable bonds is 5. The van der Waals surface area contributed by atoms with Gasteiger partial charge in [0, 0.05) is 39.4 Å². The fourth-order valence-corrected chi connectivity index (χ4v) is 4.31. The Labute approximate surface area is 185 Å². The van der Waals surface area contributed by atoms with Crippen molar-refractivity contribution in [1.29, 1.82) is 0 Å². The van der Waals surface area contributed by atoms with Gasteiger partial charge in [-0.1, -0.05) is 23.2 Å². The molecule has 0 radical (unpaired) electrons. The number of carbonyl (C=O) groups is 1. The summed E-state index contributed by atoms with van der Waals surface area (Å²) >= 11 is 12.1. The number of pyridine rings is 1. The van der Waals surface area contributed by atoms with E-state index in [4.69, 9.17) is 27.9 Å². The summed E-state index contributed by atoms with van der Waals surface area (Å²) in [5.74, 6) is 0.375. The van der Waals surface area contributed by atoms with Crippen molar-refractivity contribution in [2.75, 3.05) is 12.4 Å². The summed E-state index contributed by atoms with van der Waals surface area (Å²) in [4.78, 5) is 17.1. The number of amides is 1. The minimum Gasteiger partial charge on any atom is -0.496 e. The highest BCUT2D eigenvalue weighted by Crippen LogP contribution is 2.29. The molecule has 0 aliphatic heterocycles. The van der Waals surface area contributed by atoms with E-state index in [9.17, 15) is 4.79 Å². The molecule has 0 unspecified atom stereocenters. The van der Waals surface area contributed by atoms with Gasteiger partial charge in [-0.2, -0.15) is 0 Å². The SMILES string of the molecule is COc1ccc(Cl)cc1C(=O)N[C@H]1CC[C@@H](Nc2ccnc3cc(Cl)ccc23)CC1. The van der Waals surface area contributed by atoms with Crippen LogP contribution in [0.25, 0.3) is 10.9 Å². The van der Waals surface area contributed by atoms with Gasteiger partial charge in [-0.25, -0.2) is 0 Å². The summed E-state index contributed by atoms with van der Waals surface area (Å²) in [6.07, 6.45) is 5.54. The second-order valence-electron chi connectivity index (χ2n) is 7.53. The third-order valence-electron chi connectivity index (χ3n) is 5.53. The van der Waals surface area contributed by atoms with Crippen LogP contribution in [-0.2, 0) is 0 Å². The molecular weight excluding hydrogens is 421 g/mol. The lowest BCUT2D eigenvalue weighted by Crippen LogP contribution is -2.40. The average molecular weight is 444 g/mol. The highest BCUT2D eigenvalue weighted by atomic mass is 35.5. The molecule has 0 bridgehead atoms. The Kier molecular flexibility index (Phi) is 6.30. The zero-order valence-corrected chi connectivity index (χ0v) is 18.1. The molecule has 0 spiro atoms. The molecule has 5 nitrogen and oxygen atoms in total. The van der Waals surface area contributed by atoms with Crippen molar-refractivity contribution in [1.82, 2.24) is 10.3 Å². The fourth-order valence-electron chi connectivity index (χ4n) is 3.97. The van der Waals surface area contributed by atoms with Crippen molar-refractivity contribution in [2.45, 2.75) is 37.8 Å². The quantitative estimate of drug-likeness (QED) is 0.530. The monoisotopic (exact) mass is 443 g/mol. The second-order valence-corrected chi connectivity index (χ2v) is 8.40.